The summed E-state index contributed by atoms with van der Waals surface area (Å²) in [5.41, 5.74) is 0. The van der Waals surface area contributed by atoms with E-state index >= 15 is 0 Å². The molecule has 0 amide bonds. The SMILES string of the molecule is CCCCC[C@H]1[C@@H](CC(=O)OC)CC[C@@H]1[NH2+]CC[NH+](C)C. The van der Waals surface area contributed by atoms with Crippen molar-refractivity contribution in [3.05, 3.63) is 0 Å². The van der Waals surface area contributed by atoms with E-state index in [0.717, 1.165) is 6.04 Å². The molecule has 0 radical (unpaired) electrons. The third kappa shape index (κ3) is 6.79. The standard InChI is InChI=1S/C17H34N2O2/c1-5-6-7-8-15-14(13-17(20)21-4)9-10-16(15)18-11-12-19(2)3/h14-16,18H,5-13H2,1-4H3/p+2/t14-,15+,16+/m1/s1. The number of hydrogen-bond donors (Lipinski definition) is 2. The largest absolute Gasteiger partial charge is 0.469 e. The highest BCUT2D eigenvalue weighted by molar-refractivity contribution is 5.69. The first-order valence-electron chi connectivity index (χ1n) is 8.77. The van der Waals surface area contributed by atoms with E-state index in [4.69, 9.17) is 4.74 Å². The number of carbonyl (C=O) groups excluding carboxylic acids is 1. The van der Waals surface area contributed by atoms with Gasteiger partial charge in [-0.1, -0.05) is 26.2 Å². The van der Waals surface area contributed by atoms with Crippen molar-refractivity contribution >= 4 is 5.97 Å². The highest BCUT2D eigenvalue weighted by Crippen LogP contribution is 2.36. The van der Waals surface area contributed by atoms with Gasteiger partial charge in [-0.05, 0) is 25.2 Å². The van der Waals surface area contributed by atoms with E-state index in [9.17, 15) is 4.79 Å². The Morgan fingerprint density at radius 3 is 2.67 bits per heavy atom. The number of methoxy groups -OCH3 is 1. The van der Waals surface area contributed by atoms with Crippen LogP contribution in [0.1, 0.15) is 51.9 Å². The Balaban J connectivity index is 2.49. The van der Waals surface area contributed by atoms with E-state index in [1.165, 1.54) is 63.6 Å². The van der Waals surface area contributed by atoms with Gasteiger partial charge >= 0.3 is 5.97 Å². The minimum atomic E-state index is -0.0288. The van der Waals surface area contributed by atoms with Crippen molar-refractivity contribution in [3.8, 4) is 0 Å². The van der Waals surface area contributed by atoms with Crippen LogP contribution < -0.4 is 10.2 Å². The van der Waals surface area contributed by atoms with E-state index in [-0.39, 0.29) is 5.97 Å². The lowest BCUT2D eigenvalue weighted by Crippen LogP contribution is -3.10. The molecule has 0 heterocycles. The zero-order valence-electron chi connectivity index (χ0n) is 14.5. The third-order valence-electron chi connectivity index (χ3n) is 4.94. The Hall–Kier alpha value is -0.610. The van der Waals surface area contributed by atoms with Crippen LogP contribution in [0.25, 0.3) is 0 Å². The summed E-state index contributed by atoms with van der Waals surface area (Å²) in [5.74, 6) is 1.22. The quantitative estimate of drug-likeness (QED) is 0.448. The molecule has 3 atom stereocenters. The molecule has 1 rings (SSSR count). The summed E-state index contributed by atoms with van der Waals surface area (Å²) in [6.45, 7) is 4.66. The molecular weight excluding hydrogens is 264 g/mol. The predicted octanol–water partition coefficient (Wildman–Crippen LogP) is 0.233. The molecule has 21 heavy (non-hydrogen) atoms. The Morgan fingerprint density at radius 1 is 1.29 bits per heavy atom. The minimum absolute atomic E-state index is 0.0288. The number of rotatable bonds is 10. The van der Waals surface area contributed by atoms with E-state index < -0.39 is 0 Å². The minimum Gasteiger partial charge on any atom is -0.469 e. The molecule has 0 aromatic heterocycles. The molecule has 0 bridgehead atoms. The second-order valence-electron chi connectivity index (χ2n) is 6.92. The van der Waals surface area contributed by atoms with Gasteiger partial charge in [0.2, 0.25) is 0 Å². The van der Waals surface area contributed by atoms with Crippen molar-refractivity contribution in [3.63, 3.8) is 0 Å². The first kappa shape index (κ1) is 18.4. The molecule has 0 aromatic rings. The summed E-state index contributed by atoms with van der Waals surface area (Å²) < 4.78 is 4.88. The monoisotopic (exact) mass is 300 g/mol. The summed E-state index contributed by atoms with van der Waals surface area (Å²) in [6, 6.07) is 0.718. The van der Waals surface area contributed by atoms with Gasteiger partial charge in [-0.25, -0.2) is 0 Å². The number of quaternary nitrogens is 2. The normalized spacial score (nSPS) is 25.5. The number of nitrogens with two attached hydrogens (primary N) is 1. The molecular formula is C17H36N2O2+2. The Morgan fingerprint density at radius 2 is 2.05 bits per heavy atom. The van der Waals surface area contributed by atoms with Crippen LogP contribution in [-0.4, -0.2) is 46.3 Å². The predicted molar refractivity (Wildman–Crippen MR) is 85.2 cm³/mol. The fourth-order valence-corrected chi connectivity index (χ4v) is 3.69. The summed E-state index contributed by atoms with van der Waals surface area (Å²) in [6.07, 6.45) is 8.26. The van der Waals surface area contributed by atoms with Crippen LogP contribution in [0.15, 0.2) is 0 Å². The van der Waals surface area contributed by atoms with Gasteiger partial charge in [0.05, 0.1) is 27.2 Å². The fourth-order valence-electron chi connectivity index (χ4n) is 3.69. The smallest absolute Gasteiger partial charge is 0.305 e. The number of likely N-dealkylation sites (N-methyl/N-ethyl adjacent to an activating group) is 1. The van der Waals surface area contributed by atoms with Crippen molar-refractivity contribution in [2.24, 2.45) is 11.8 Å². The number of esters is 1. The van der Waals surface area contributed by atoms with E-state index in [1.807, 2.05) is 0 Å². The molecule has 0 saturated heterocycles. The number of carbonyl (C=O) groups is 1. The number of hydrogen-bond acceptors (Lipinski definition) is 2. The second kappa shape index (κ2) is 10.2. The highest BCUT2D eigenvalue weighted by Gasteiger charge is 2.39. The first-order valence-corrected chi connectivity index (χ1v) is 8.77. The van der Waals surface area contributed by atoms with Gasteiger partial charge < -0.3 is 15.0 Å². The van der Waals surface area contributed by atoms with Gasteiger partial charge in [-0.3, -0.25) is 4.79 Å². The Kier molecular flexibility index (Phi) is 8.93. The zero-order valence-corrected chi connectivity index (χ0v) is 14.5. The number of ether oxygens (including phenoxy) is 1. The van der Waals surface area contributed by atoms with Crippen LogP contribution in [-0.2, 0) is 9.53 Å². The summed E-state index contributed by atoms with van der Waals surface area (Å²) in [5, 5.41) is 2.54. The molecule has 0 spiro atoms. The molecule has 1 saturated carbocycles. The maximum atomic E-state index is 11.6. The second-order valence-corrected chi connectivity index (χ2v) is 6.92. The topological polar surface area (TPSA) is 47.3 Å². The van der Waals surface area contributed by atoms with Crippen molar-refractivity contribution in [1.82, 2.24) is 0 Å². The van der Waals surface area contributed by atoms with E-state index in [1.54, 1.807) is 0 Å². The van der Waals surface area contributed by atoms with Gasteiger partial charge in [-0.15, -0.1) is 0 Å². The first-order chi connectivity index (χ1) is 10.1. The van der Waals surface area contributed by atoms with Gasteiger partial charge in [0.15, 0.2) is 0 Å². The van der Waals surface area contributed by atoms with Crippen LogP contribution in [0.4, 0.5) is 0 Å². The maximum absolute atomic E-state index is 11.6. The number of unbranched alkanes of at least 4 members (excludes halogenated alkanes) is 2. The van der Waals surface area contributed by atoms with Gasteiger partial charge in [0, 0.05) is 12.3 Å². The Bertz CT molecular complexity index is 295. The zero-order chi connectivity index (χ0) is 15.7. The number of nitrogens with one attached hydrogen (secondary N) is 1. The molecule has 4 nitrogen and oxygen atoms in total. The van der Waals surface area contributed by atoms with Crippen molar-refractivity contribution in [2.75, 3.05) is 34.3 Å². The van der Waals surface area contributed by atoms with Crippen molar-refractivity contribution < 1.29 is 19.7 Å². The lowest BCUT2D eigenvalue weighted by Gasteiger charge is -2.23. The van der Waals surface area contributed by atoms with Crippen molar-refractivity contribution in [2.45, 2.75) is 57.9 Å². The molecule has 1 aliphatic carbocycles. The average Bonchev–Trinajstić information content (AvgIpc) is 2.81. The average molecular weight is 300 g/mol. The molecule has 0 aromatic carbocycles. The molecule has 0 aliphatic heterocycles. The fraction of sp³-hybridized carbons (Fsp3) is 0.941. The van der Waals surface area contributed by atoms with Crippen LogP contribution in [0.3, 0.4) is 0 Å². The molecule has 3 N–H and O–H groups in total. The van der Waals surface area contributed by atoms with Crippen LogP contribution >= 0.6 is 0 Å². The highest BCUT2D eigenvalue weighted by atomic mass is 16.5. The maximum Gasteiger partial charge on any atom is 0.305 e. The van der Waals surface area contributed by atoms with Gasteiger partial charge in [0.25, 0.3) is 0 Å². The molecule has 124 valence electrons. The molecule has 1 fully saturated rings. The summed E-state index contributed by atoms with van der Waals surface area (Å²) >= 11 is 0. The third-order valence-corrected chi connectivity index (χ3v) is 4.94. The lowest BCUT2D eigenvalue weighted by atomic mass is 9.86. The molecule has 4 heteroatoms. The lowest BCUT2D eigenvalue weighted by molar-refractivity contribution is -0.877. The molecule has 0 unspecified atom stereocenters. The summed E-state index contributed by atoms with van der Waals surface area (Å²) in [7, 11) is 5.93. The van der Waals surface area contributed by atoms with Gasteiger partial charge in [0.1, 0.15) is 13.1 Å². The summed E-state index contributed by atoms with van der Waals surface area (Å²) in [4.78, 5) is 13.1. The van der Waals surface area contributed by atoms with E-state index in [0.29, 0.717) is 18.3 Å². The van der Waals surface area contributed by atoms with Crippen LogP contribution in [0.2, 0.25) is 0 Å². The molecule has 1 aliphatic rings. The van der Waals surface area contributed by atoms with Crippen LogP contribution in [0.5, 0.6) is 0 Å². The van der Waals surface area contributed by atoms with Crippen LogP contribution in [0, 0.1) is 11.8 Å². The van der Waals surface area contributed by atoms with Crippen molar-refractivity contribution in [1.29, 1.82) is 0 Å². The Labute approximate surface area is 130 Å². The van der Waals surface area contributed by atoms with E-state index in [2.05, 4.69) is 26.3 Å². The van der Waals surface area contributed by atoms with Gasteiger partial charge in [-0.2, -0.15) is 0 Å².